The Hall–Kier alpha value is -2.28. The van der Waals surface area contributed by atoms with E-state index in [1.807, 2.05) is 19.9 Å². The van der Waals surface area contributed by atoms with E-state index in [0.717, 1.165) is 12.2 Å². The predicted molar refractivity (Wildman–Crippen MR) is 116 cm³/mol. The average Bonchev–Trinajstić information content (AvgIpc) is 2.75. The number of hydrogen-bond acceptors (Lipinski definition) is 6. The number of thioether (sulfide) groups is 1. The molecule has 6 nitrogen and oxygen atoms in total. The quantitative estimate of drug-likeness (QED) is 0.410. The summed E-state index contributed by atoms with van der Waals surface area (Å²) in [5.74, 6) is -0.339. The van der Waals surface area contributed by atoms with Crippen molar-refractivity contribution in [2.24, 2.45) is 5.92 Å². The molecule has 7 heteroatoms. The van der Waals surface area contributed by atoms with Gasteiger partial charge in [-0.15, -0.1) is 0 Å². The van der Waals surface area contributed by atoms with Crippen LogP contribution in [0.1, 0.15) is 43.5 Å². The Bertz CT molecular complexity index is 692. The number of esters is 2. The highest BCUT2D eigenvalue weighted by Crippen LogP contribution is 2.32. The summed E-state index contributed by atoms with van der Waals surface area (Å²) >= 11 is 1.56. The zero-order chi connectivity index (χ0) is 21.7. The minimum absolute atomic E-state index is 0.243. The van der Waals surface area contributed by atoms with Crippen LogP contribution >= 0.6 is 11.8 Å². The molecule has 0 unspecified atom stereocenters. The molecule has 0 aliphatic rings. The van der Waals surface area contributed by atoms with Gasteiger partial charge in [0.2, 0.25) is 0 Å². The standard InChI is InChI=1S/C22H31NO5S/c1-5-11-18(14-10-15-19(24)27-3)22(16-29-6-2,21(26)28-4)23-20(25)17-12-8-7-9-13-17/h7-10,12-13,15,18H,5-6,11,14,16H2,1-4H3,(H,23,25)/b15-10+/t18-,22+/m1/s1. The molecule has 0 aromatic heterocycles. The first kappa shape index (κ1) is 24.8. The van der Waals surface area contributed by atoms with Crippen molar-refractivity contribution in [2.45, 2.75) is 38.6 Å². The van der Waals surface area contributed by atoms with E-state index in [9.17, 15) is 14.4 Å². The van der Waals surface area contributed by atoms with Gasteiger partial charge in [-0.3, -0.25) is 4.79 Å². The van der Waals surface area contributed by atoms with Gasteiger partial charge in [-0.1, -0.05) is 44.5 Å². The molecule has 160 valence electrons. The number of carbonyl (C=O) groups excluding carboxylic acids is 3. The second-order valence-corrected chi connectivity index (χ2v) is 7.84. The Morgan fingerprint density at radius 1 is 1.14 bits per heavy atom. The second kappa shape index (κ2) is 13.0. The maximum Gasteiger partial charge on any atom is 0.332 e. The van der Waals surface area contributed by atoms with Gasteiger partial charge in [0.1, 0.15) is 0 Å². The number of methoxy groups -OCH3 is 2. The van der Waals surface area contributed by atoms with Gasteiger partial charge < -0.3 is 14.8 Å². The molecule has 0 bridgehead atoms. The third-order valence-corrected chi connectivity index (χ3v) is 5.73. The SMILES string of the molecule is CCC[C@H](C/C=C/C(=O)OC)[C@](CSCC)(NC(=O)c1ccccc1)C(=O)OC. The number of benzene rings is 1. The molecule has 1 aromatic carbocycles. The number of hydrogen-bond donors (Lipinski definition) is 1. The third-order valence-electron chi connectivity index (χ3n) is 4.67. The maximum absolute atomic E-state index is 13.0. The predicted octanol–water partition coefficient (Wildman–Crippen LogP) is 3.62. The van der Waals surface area contributed by atoms with Gasteiger partial charge in [-0.05, 0) is 36.6 Å². The van der Waals surface area contributed by atoms with Crippen LogP contribution in [0.5, 0.6) is 0 Å². The fourth-order valence-electron chi connectivity index (χ4n) is 3.15. The number of allylic oxidation sites excluding steroid dienone is 1. The molecule has 0 saturated carbocycles. The van der Waals surface area contributed by atoms with Crippen LogP contribution in [0.2, 0.25) is 0 Å². The number of ether oxygens (including phenoxy) is 2. The lowest BCUT2D eigenvalue weighted by atomic mass is 9.79. The smallest absolute Gasteiger partial charge is 0.332 e. The number of nitrogens with one attached hydrogen (secondary N) is 1. The van der Waals surface area contributed by atoms with Crippen LogP contribution in [0, 0.1) is 5.92 Å². The Kier molecular flexibility index (Phi) is 11.1. The minimum atomic E-state index is -1.21. The molecule has 29 heavy (non-hydrogen) atoms. The number of rotatable bonds is 12. The summed E-state index contributed by atoms with van der Waals surface area (Å²) in [5.41, 5.74) is -0.735. The summed E-state index contributed by atoms with van der Waals surface area (Å²) in [5, 5.41) is 2.98. The molecule has 0 aliphatic heterocycles. The van der Waals surface area contributed by atoms with Crippen molar-refractivity contribution in [1.29, 1.82) is 0 Å². The number of carbonyl (C=O) groups is 3. The van der Waals surface area contributed by atoms with Crippen molar-refractivity contribution in [3.05, 3.63) is 48.0 Å². The third kappa shape index (κ3) is 7.24. The van der Waals surface area contributed by atoms with Crippen LogP contribution in [0.15, 0.2) is 42.5 Å². The molecule has 1 aromatic rings. The van der Waals surface area contributed by atoms with E-state index in [1.54, 1.807) is 42.1 Å². The highest BCUT2D eigenvalue weighted by Gasteiger charge is 2.47. The normalized spacial score (nSPS) is 14.1. The zero-order valence-electron chi connectivity index (χ0n) is 17.6. The van der Waals surface area contributed by atoms with Crippen LogP contribution in [0.4, 0.5) is 0 Å². The van der Waals surface area contributed by atoms with Crippen molar-refractivity contribution in [2.75, 3.05) is 25.7 Å². The van der Waals surface area contributed by atoms with Gasteiger partial charge in [0.25, 0.3) is 5.91 Å². The Morgan fingerprint density at radius 3 is 2.38 bits per heavy atom. The van der Waals surface area contributed by atoms with Crippen molar-refractivity contribution >= 4 is 29.6 Å². The first-order chi connectivity index (χ1) is 13.9. The lowest BCUT2D eigenvalue weighted by Gasteiger charge is -2.38. The van der Waals surface area contributed by atoms with Crippen molar-refractivity contribution in [3.8, 4) is 0 Å². The minimum Gasteiger partial charge on any atom is -0.467 e. The molecule has 1 N–H and O–H groups in total. The van der Waals surface area contributed by atoms with E-state index >= 15 is 0 Å². The van der Waals surface area contributed by atoms with Crippen molar-refractivity contribution < 1.29 is 23.9 Å². The van der Waals surface area contributed by atoms with Gasteiger partial charge in [-0.2, -0.15) is 11.8 Å². The average molecular weight is 422 g/mol. The van der Waals surface area contributed by atoms with E-state index in [-0.39, 0.29) is 11.8 Å². The molecule has 1 rings (SSSR count). The fraction of sp³-hybridized carbons (Fsp3) is 0.500. The van der Waals surface area contributed by atoms with E-state index < -0.39 is 17.5 Å². The first-order valence-electron chi connectivity index (χ1n) is 9.73. The second-order valence-electron chi connectivity index (χ2n) is 6.57. The topological polar surface area (TPSA) is 81.7 Å². The van der Waals surface area contributed by atoms with Gasteiger partial charge in [0.15, 0.2) is 5.54 Å². The molecule has 0 fully saturated rings. The molecule has 1 amide bonds. The van der Waals surface area contributed by atoms with Gasteiger partial charge >= 0.3 is 11.9 Å². The molecule has 0 aliphatic carbocycles. The van der Waals surface area contributed by atoms with Crippen LogP contribution in [0.3, 0.4) is 0 Å². The van der Waals surface area contributed by atoms with Crippen LogP contribution < -0.4 is 5.32 Å². The van der Waals surface area contributed by atoms with Crippen LogP contribution in [-0.2, 0) is 19.1 Å². The zero-order valence-corrected chi connectivity index (χ0v) is 18.4. The highest BCUT2D eigenvalue weighted by atomic mass is 32.2. The molecule has 0 saturated heterocycles. The van der Waals surface area contributed by atoms with Crippen LogP contribution in [0.25, 0.3) is 0 Å². The summed E-state index contributed by atoms with van der Waals surface area (Å²) in [4.78, 5) is 37.4. The summed E-state index contributed by atoms with van der Waals surface area (Å²) in [6.45, 7) is 4.02. The highest BCUT2D eigenvalue weighted by molar-refractivity contribution is 7.99. The summed E-state index contributed by atoms with van der Waals surface area (Å²) in [6, 6.07) is 8.79. The Labute approximate surface area is 177 Å². The van der Waals surface area contributed by atoms with Gasteiger partial charge in [0, 0.05) is 17.4 Å². The maximum atomic E-state index is 13.0. The first-order valence-corrected chi connectivity index (χ1v) is 10.9. The summed E-state index contributed by atoms with van der Waals surface area (Å²) < 4.78 is 9.79. The molecular weight excluding hydrogens is 390 g/mol. The lowest BCUT2D eigenvalue weighted by Crippen LogP contribution is -2.61. The largest absolute Gasteiger partial charge is 0.467 e. The molecular formula is C22H31NO5S. The van der Waals surface area contributed by atoms with Crippen molar-refractivity contribution in [3.63, 3.8) is 0 Å². The molecule has 0 heterocycles. The summed E-state index contributed by atoms with van der Waals surface area (Å²) in [6.07, 6.45) is 4.95. The molecule has 0 radical (unpaired) electrons. The van der Waals surface area contributed by atoms with E-state index in [0.29, 0.717) is 24.2 Å². The lowest BCUT2D eigenvalue weighted by molar-refractivity contribution is -0.149. The number of amides is 1. The van der Waals surface area contributed by atoms with Gasteiger partial charge in [-0.25, -0.2) is 9.59 Å². The summed E-state index contributed by atoms with van der Waals surface area (Å²) in [7, 11) is 2.64. The monoisotopic (exact) mass is 421 g/mol. The molecule has 2 atom stereocenters. The van der Waals surface area contributed by atoms with E-state index in [2.05, 4.69) is 10.1 Å². The fourth-order valence-corrected chi connectivity index (χ4v) is 4.10. The molecule has 0 spiro atoms. The van der Waals surface area contributed by atoms with Crippen molar-refractivity contribution in [1.82, 2.24) is 5.32 Å². The Morgan fingerprint density at radius 2 is 1.83 bits per heavy atom. The van der Waals surface area contributed by atoms with E-state index in [1.165, 1.54) is 20.3 Å². The van der Waals surface area contributed by atoms with Crippen LogP contribution in [-0.4, -0.2) is 49.1 Å². The Balaban J connectivity index is 3.31. The van der Waals surface area contributed by atoms with Gasteiger partial charge in [0.05, 0.1) is 14.2 Å². The van der Waals surface area contributed by atoms with E-state index in [4.69, 9.17) is 4.74 Å².